The third kappa shape index (κ3) is 3.42. The Bertz CT molecular complexity index is 927. The van der Waals surface area contributed by atoms with Crippen LogP contribution in [0.2, 0.25) is 0 Å². The van der Waals surface area contributed by atoms with Crippen LogP contribution in [0, 0.1) is 13.8 Å². The van der Waals surface area contributed by atoms with Crippen LogP contribution in [0.15, 0.2) is 58.3 Å². The molecule has 0 saturated carbocycles. The van der Waals surface area contributed by atoms with Crippen molar-refractivity contribution in [1.29, 1.82) is 0 Å². The van der Waals surface area contributed by atoms with E-state index in [0.717, 1.165) is 20.9 Å². The average Bonchev–Trinajstić information content (AvgIpc) is 3.48. The third-order valence-electron chi connectivity index (χ3n) is 6.44. The fraction of sp³-hybridized carbons (Fsp3) is 0.500. The summed E-state index contributed by atoms with van der Waals surface area (Å²) in [5, 5.41) is 0. The van der Waals surface area contributed by atoms with Crippen molar-refractivity contribution in [2.45, 2.75) is 85.2 Å². The lowest BCUT2D eigenvalue weighted by Crippen LogP contribution is -2.33. The summed E-state index contributed by atoms with van der Waals surface area (Å²) in [6.07, 6.45) is 1.03. The van der Waals surface area contributed by atoms with Crippen LogP contribution in [-0.4, -0.2) is 29.5 Å². The van der Waals surface area contributed by atoms with E-state index in [2.05, 4.69) is 0 Å². The summed E-state index contributed by atoms with van der Waals surface area (Å²) in [5.74, 6) is 0. The summed E-state index contributed by atoms with van der Waals surface area (Å²) in [4.78, 5) is -0.0736. The van der Waals surface area contributed by atoms with Crippen LogP contribution < -0.4 is 0 Å². The molecule has 0 aliphatic carbocycles. The lowest BCUT2D eigenvalue weighted by Gasteiger charge is -2.20. The first-order valence-electron chi connectivity index (χ1n) is 10.3. The molecule has 2 saturated heterocycles. The Kier molecular flexibility index (Phi) is 5.17. The van der Waals surface area contributed by atoms with Crippen LogP contribution in [0.25, 0.3) is 0 Å². The van der Waals surface area contributed by atoms with Crippen molar-refractivity contribution in [1.82, 2.24) is 0 Å². The molecule has 2 heterocycles. The summed E-state index contributed by atoms with van der Waals surface area (Å²) in [6.45, 7) is 11.9. The molecule has 0 bridgehead atoms. The molecule has 4 nitrogen and oxygen atoms in total. The quantitative estimate of drug-likeness (QED) is 0.561. The Balaban J connectivity index is 1.59. The molecule has 0 aromatic heterocycles. The highest BCUT2D eigenvalue weighted by Gasteiger charge is 2.73. The largest absolute Gasteiger partial charge is 0.348 e. The molecule has 2 aliphatic heterocycles. The van der Waals surface area contributed by atoms with Crippen molar-refractivity contribution in [3.63, 3.8) is 0 Å². The van der Waals surface area contributed by atoms with Gasteiger partial charge in [0.2, 0.25) is 0 Å². The minimum absolute atomic E-state index is 0.506. The van der Waals surface area contributed by atoms with Gasteiger partial charge in [-0.15, -0.1) is 0 Å². The number of hydrogen-bond donors (Lipinski definition) is 0. The van der Waals surface area contributed by atoms with E-state index in [1.807, 2.05) is 90.1 Å². The van der Waals surface area contributed by atoms with Gasteiger partial charge in [0.1, 0.15) is 11.2 Å². The predicted molar refractivity (Wildman–Crippen MR) is 120 cm³/mol. The summed E-state index contributed by atoms with van der Waals surface area (Å²) in [7, 11) is -2.66. The molecule has 0 amide bonds. The van der Waals surface area contributed by atoms with Crippen molar-refractivity contribution in [2.75, 3.05) is 0 Å². The van der Waals surface area contributed by atoms with E-state index in [4.69, 9.17) is 9.47 Å². The zero-order valence-corrected chi connectivity index (χ0v) is 20.1. The molecule has 2 aromatic carbocycles. The molecule has 0 N–H and O–H groups in total. The van der Waals surface area contributed by atoms with Gasteiger partial charge in [0.25, 0.3) is 0 Å². The molecular weight excluding hydrogens is 416 g/mol. The Labute approximate surface area is 184 Å². The van der Waals surface area contributed by atoms with Gasteiger partial charge >= 0.3 is 0 Å². The van der Waals surface area contributed by atoms with Crippen LogP contribution in [0.3, 0.4) is 0 Å². The minimum atomic E-state index is -1.33. The topological polar surface area (TPSA) is 59.2 Å². The molecule has 4 atom stereocenters. The first kappa shape index (κ1) is 21.9. The number of aryl methyl sites for hydroxylation is 2. The average molecular weight is 447 g/mol. The second-order valence-electron chi connectivity index (χ2n) is 9.39. The highest BCUT2D eigenvalue weighted by Crippen LogP contribution is 2.60. The Hall–Kier alpha value is -1.34. The number of hydrogen-bond acceptors (Lipinski definition) is 4. The lowest BCUT2D eigenvalue weighted by molar-refractivity contribution is 0.283. The van der Waals surface area contributed by atoms with Gasteiger partial charge in [-0.2, -0.15) is 0 Å². The first-order chi connectivity index (χ1) is 13.9. The molecule has 0 unspecified atom stereocenters. The van der Waals surface area contributed by atoms with Gasteiger partial charge < -0.3 is 9.47 Å². The molecule has 30 heavy (non-hydrogen) atoms. The number of epoxide rings is 2. The van der Waals surface area contributed by atoms with Crippen LogP contribution >= 0.6 is 0 Å². The van der Waals surface area contributed by atoms with E-state index in [-0.39, 0.29) is 0 Å². The van der Waals surface area contributed by atoms with E-state index in [9.17, 15) is 8.42 Å². The van der Waals surface area contributed by atoms with E-state index in [1.54, 1.807) is 0 Å². The van der Waals surface area contributed by atoms with E-state index in [1.165, 1.54) is 0 Å². The molecule has 162 valence electrons. The first-order valence-corrected chi connectivity index (χ1v) is 12.6. The van der Waals surface area contributed by atoms with Crippen molar-refractivity contribution < 1.29 is 17.9 Å². The predicted octanol–water partition coefficient (Wildman–Crippen LogP) is 5.01. The summed E-state index contributed by atoms with van der Waals surface area (Å²) in [5.41, 5.74) is 1.24. The second kappa shape index (κ2) is 7.09. The van der Waals surface area contributed by atoms with Crippen molar-refractivity contribution in [3.05, 3.63) is 59.7 Å². The Morgan fingerprint density at radius 1 is 0.633 bits per heavy atom. The second-order valence-corrected chi connectivity index (χ2v) is 12.7. The highest BCUT2D eigenvalue weighted by molar-refractivity contribution is 7.87. The number of benzene rings is 2. The van der Waals surface area contributed by atoms with Crippen LogP contribution in [-0.2, 0) is 31.1 Å². The van der Waals surface area contributed by atoms with Gasteiger partial charge in [0.15, 0.2) is 9.87 Å². The molecule has 0 spiro atoms. The molecule has 2 fully saturated rings. The van der Waals surface area contributed by atoms with Crippen LogP contribution in [0.1, 0.15) is 51.7 Å². The van der Waals surface area contributed by atoms with Gasteiger partial charge in [0, 0.05) is 9.79 Å². The molecule has 2 aromatic rings. The van der Waals surface area contributed by atoms with E-state index < -0.39 is 42.7 Å². The fourth-order valence-electron chi connectivity index (χ4n) is 4.22. The SMILES string of the molecule is Cc1ccc([S@@](=O)[C@@]2(CC[C@@]3([S@@](=O)c4ccc(C)cc4)OC3(C)C)OC2(C)C)cc1. The van der Waals surface area contributed by atoms with Crippen LogP contribution in [0.4, 0.5) is 0 Å². The molecule has 6 heteroatoms. The maximum absolute atomic E-state index is 13.5. The fourth-order valence-corrected chi connectivity index (χ4v) is 7.78. The lowest BCUT2D eigenvalue weighted by atomic mass is 10.00. The molecular formula is C24H30O4S2. The van der Waals surface area contributed by atoms with Gasteiger partial charge in [-0.05, 0) is 78.6 Å². The zero-order valence-electron chi connectivity index (χ0n) is 18.5. The third-order valence-corrected chi connectivity index (χ3v) is 10.6. The zero-order chi connectivity index (χ0) is 21.9. The monoisotopic (exact) mass is 446 g/mol. The standard InChI is InChI=1S/C24H30O4S2/c1-17-7-11-19(12-8-17)29(25)23(21(3,4)27-23)15-16-24(22(5,6)28-24)30(26)20-13-9-18(2)10-14-20/h7-14H,15-16H2,1-6H3/t23-,24+,29-,30+. The minimum Gasteiger partial charge on any atom is -0.348 e. The van der Waals surface area contributed by atoms with Crippen molar-refractivity contribution >= 4 is 21.6 Å². The van der Waals surface area contributed by atoms with Gasteiger partial charge in [0.05, 0.1) is 21.6 Å². The summed E-state index contributed by atoms with van der Waals surface area (Å²) in [6, 6.07) is 15.5. The molecule has 0 radical (unpaired) electrons. The smallest absolute Gasteiger partial charge is 0.176 e. The highest BCUT2D eigenvalue weighted by atomic mass is 32.2. The maximum atomic E-state index is 13.5. The van der Waals surface area contributed by atoms with Crippen molar-refractivity contribution in [3.8, 4) is 0 Å². The van der Waals surface area contributed by atoms with Gasteiger partial charge in [-0.25, -0.2) is 0 Å². The molecule has 4 rings (SSSR count). The van der Waals surface area contributed by atoms with E-state index in [0.29, 0.717) is 12.8 Å². The van der Waals surface area contributed by atoms with Gasteiger partial charge in [-0.3, -0.25) is 8.42 Å². The normalized spacial score (nSPS) is 30.5. The Morgan fingerprint density at radius 2 is 0.900 bits per heavy atom. The number of ether oxygens (including phenoxy) is 2. The van der Waals surface area contributed by atoms with E-state index >= 15 is 0 Å². The summed E-state index contributed by atoms with van der Waals surface area (Å²) >= 11 is 0. The van der Waals surface area contributed by atoms with Gasteiger partial charge in [-0.1, -0.05) is 35.4 Å². The Morgan fingerprint density at radius 3 is 1.13 bits per heavy atom. The van der Waals surface area contributed by atoms with Crippen molar-refractivity contribution in [2.24, 2.45) is 0 Å². The molecule has 2 aliphatic rings. The van der Waals surface area contributed by atoms with Crippen LogP contribution in [0.5, 0.6) is 0 Å². The summed E-state index contributed by atoms with van der Waals surface area (Å²) < 4.78 is 39.2. The maximum Gasteiger partial charge on any atom is 0.176 e. The number of rotatable bonds is 7.